The van der Waals surface area contributed by atoms with Crippen LogP contribution in [0.2, 0.25) is 5.02 Å². The average molecular weight is 364 g/mol. The predicted molar refractivity (Wildman–Crippen MR) is 96.8 cm³/mol. The highest BCUT2D eigenvalue weighted by Crippen LogP contribution is 2.18. The Morgan fingerprint density at radius 2 is 2.04 bits per heavy atom. The van der Waals surface area contributed by atoms with E-state index in [4.69, 9.17) is 20.9 Å². The number of hydrogen-bond acceptors (Lipinski definition) is 5. The molecule has 2 N–H and O–H groups in total. The van der Waals surface area contributed by atoms with Gasteiger partial charge in [-0.05, 0) is 37.1 Å². The first kappa shape index (κ1) is 17.7. The highest BCUT2D eigenvalue weighted by atomic mass is 35.5. The molecule has 7 nitrogen and oxygen atoms in total. The van der Waals surface area contributed by atoms with Crippen LogP contribution in [0.4, 0.5) is 0 Å². The lowest BCUT2D eigenvalue weighted by molar-refractivity contribution is 0.0822. The number of aromatic nitrogens is 2. The number of guanidine groups is 1. The summed E-state index contributed by atoms with van der Waals surface area (Å²) in [5.41, 5.74) is 0.879. The summed E-state index contributed by atoms with van der Waals surface area (Å²) in [6.45, 7) is 2.25. The van der Waals surface area contributed by atoms with Gasteiger partial charge in [0.15, 0.2) is 5.96 Å². The monoisotopic (exact) mass is 363 g/mol. The van der Waals surface area contributed by atoms with Crippen LogP contribution in [0.25, 0.3) is 11.4 Å². The van der Waals surface area contributed by atoms with Crippen LogP contribution in [0, 0.1) is 0 Å². The van der Waals surface area contributed by atoms with E-state index in [0.717, 1.165) is 37.6 Å². The third-order valence-corrected chi connectivity index (χ3v) is 4.24. The van der Waals surface area contributed by atoms with Crippen molar-refractivity contribution in [2.45, 2.75) is 25.3 Å². The van der Waals surface area contributed by atoms with Crippen molar-refractivity contribution in [1.29, 1.82) is 0 Å². The molecule has 1 aromatic carbocycles. The van der Waals surface area contributed by atoms with Gasteiger partial charge in [0.1, 0.15) is 0 Å². The second-order valence-electron chi connectivity index (χ2n) is 5.80. The highest BCUT2D eigenvalue weighted by molar-refractivity contribution is 6.30. The Hall–Kier alpha value is -2.12. The Balaban J connectivity index is 1.47. The number of hydrogen-bond donors (Lipinski definition) is 2. The molecule has 3 rings (SSSR count). The molecule has 0 saturated carbocycles. The van der Waals surface area contributed by atoms with Crippen molar-refractivity contribution in [2.24, 2.45) is 4.99 Å². The summed E-state index contributed by atoms with van der Waals surface area (Å²) in [7, 11) is 1.76. The van der Waals surface area contributed by atoms with Gasteiger partial charge >= 0.3 is 0 Å². The summed E-state index contributed by atoms with van der Waals surface area (Å²) in [4.78, 5) is 8.66. The van der Waals surface area contributed by atoms with Crippen LogP contribution in [0.15, 0.2) is 33.8 Å². The lowest BCUT2D eigenvalue weighted by atomic mass is 10.1. The van der Waals surface area contributed by atoms with Gasteiger partial charge in [0.05, 0.1) is 0 Å². The van der Waals surface area contributed by atoms with E-state index in [0.29, 0.717) is 35.7 Å². The summed E-state index contributed by atoms with van der Waals surface area (Å²) in [6, 6.07) is 7.75. The van der Waals surface area contributed by atoms with E-state index >= 15 is 0 Å². The smallest absolute Gasteiger partial charge is 0.228 e. The van der Waals surface area contributed by atoms with Gasteiger partial charge in [-0.15, -0.1) is 0 Å². The minimum Gasteiger partial charge on any atom is -0.381 e. The molecule has 2 heterocycles. The van der Waals surface area contributed by atoms with Crippen LogP contribution in [0.5, 0.6) is 0 Å². The van der Waals surface area contributed by atoms with Crippen molar-refractivity contribution in [3.05, 3.63) is 35.2 Å². The fourth-order valence-electron chi connectivity index (χ4n) is 2.59. The van der Waals surface area contributed by atoms with Gasteiger partial charge in [-0.3, -0.25) is 4.99 Å². The summed E-state index contributed by atoms with van der Waals surface area (Å²) >= 11 is 5.89. The maximum atomic E-state index is 5.89. The van der Waals surface area contributed by atoms with Crippen molar-refractivity contribution >= 4 is 17.6 Å². The van der Waals surface area contributed by atoms with E-state index in [-0.39, 0.29) is 0 Å². The SMILES string of the molecule is CN=C(NCCc1nc(-c2ccc(Cl)cc2)no1)NC1CCOCC1. The topological polar surface area (TPSA) is 84.6 Å². The first-order valence-corrected chi connectivity index (χ1v) is 8.76. The van der Waals surface area contributed by atoms with Gasteiger partial charge in [0.2, 0.25) is 11.7 Å². The van der Waals surface area contributed by atoms with E-state index in [1.54, 1.807) is 19.2 Å². The first-order valence-electron chi connectivity index (χ1n) is 8.38. The van der Waals surface area contributed by atoms with Gasteiger partial charge < -0.3 is 19.9 Å². The van der Waals surface area contributed by atoms with Crippen molar-refractivity contribution in [2.75, 3.05) is 26.8 Å². The number of rotatable bonds is 5. The molecular weight excluding hydrogens is 342 g/mol. The van der Waals surface area contributed by atoms with Gasteiger partial charge in [0.25, 0.3) is 0 Å². The molecule has 1 fully saturated rings. The van der Waals surface area contributed by atoms with Crippen molar-refractivity contribution in [1.82, 2.24) is 20.8 Å². The van der Waals surface area contributed by atoms with Crippen molar-refractivity contribution < 1.29 is 9.26 Å². The van der Waals surface area contributed by atoms with E-state index in [1.807, 2.05) is 12.1 Å². The molecular formula is C17H22ClN5O2. The van der Waals surface area contributed by atoms with Gasteiger partial charge in [-0.25, -0.2) is 0 Å². The standard InChI is InChI=1S/C17H22ClN5O2/c1-19-17(21-14-7-10-24-11-8-14)20-9-6-15-22-16(23-25-15)12-2-4-13(18)5-3-12/h2-5,14H,6-11H2,1H3,(H2,19,20,21). The fraction of sp³-hybridized carbons (Fsp3) is 0.471. The van der Waals surface area contributed by atoms with Crippen LogP contribution < -0.4 is 10.6 Å². The number of aliphatic imine (C=N–C) groups is 1. The minimum absolute atomic E-state index is 0.403. The quantitative estimate of drug-likeness (QED) is 0.626. The minimum atomic E-state index is 0.403. The van der Waals surface area contributed by atoms with Gasteiger partial charge in [0, 0.05) is 49.9 Å². The molecule has 8 heteroatoms. The zero-order valence-electron chi connectivity index (χ0n) is 14.2. The molecule has 0 bridgehead atoms. The van der Waals surface area contributed by atoms with Crippen LogP contribution in [-0.4, -0.2) is 48.9 Å². The zero-order chi connectivity index (χ0) is 17.5. The second-order valence-corrected chi connectivity index (χ2v) is 6.24. The van der Waals surface area contributed by atoms with Gasteiger partial charge in [-0.2, -0.15) is 4.98 Å². The highest BCUT2D eigenvalue weighted by Gasteiger charge is 2.15. The predicted octanol–water partition coefficient (Wildman–Crippen LogP) is 2.28. The van der Waals surface area contributed by atoms with E-state index in [1.165, 1.54) is 0 Å². The Morgan fingerprint density at radius 3 is 2.76 bits per heavy atom. The van der Waals surface area contributed by atoms with Crippen LogP contribution in [-0.2, 0) is 11.2 Å². The van der Waals surface area contributed by atoms with Crippen LogP contribution >= 0.6 is 11.6 Å². The maximum absolute atomic E-state index is 5.89. The maximum Gasteiger partial charge on any atom is 0.228 e. The Morgan fingerprint density at radius 1 is 1.28 bits per heavy atom. The third kappa shape index (κ3) is 5.17. The zero-order valence-corrected chi connectivity index (χ0v) is 14.9. The molecule has 1 aliphatic rings. The van der Waals surface area contributed by atoms with E-state index in [9.17, 15) is 0 Å². The lowest BCUT2D eigenvalue weighted by Gasteiger charge is -2.25. The molecule has 1 aromatic heterocycles. The largest absolute Gasteiger partial charge is 0.381 e. The molecule has 1 saturated heterocycles. The van der Waals surface area contributed by atoms with Crippen molar-refractivity contribution in [3.8, 4) is 11.4 Å². The average Bonchev–Trinajstić information content (AvgIpc) is 3.11. The molecule has 0 spiro atoms. The summed E-state index contributed by atoms with van der Waals surface area (Å²) in [5, 5.41) is 11.4. The Labute approximate surface area is 151 Å². The molecule has 0 radical (unpaired) electrons. The van der Waals surface area contributed by atoms with Crippen LogP contribution in [0.3, 0.4) is 0 Å². The molecule has 0 amide bonds. The number of halogens is 1. The van der Waals surface area contributed by atoms with E-state index in [2.05, 4.69) is 25.8 Å². The Kier molecular flexibility index (Phi) is 6.25. The summed E-state index contributed by atoms with van der Waals surface area (Å²) in [5.74, 6) is 1.93. The third-order valence-electron chi connectivity index (χ3n) is 3.99. The molecule has 1 aliphatic heterocycles. The molecule has 0 atom stereocenters. The number of benzene rings is 1. The number of ether oxygens (including phenoxy) is 1. The van der Waals surface area contributed by atoms with Gasteiger partial charge in [-0.1, -0.05) is 16.8 Å². The normalized spacial score (nSPS) is 16.0. The first-order chi connectivity index (χ1) is 12.2. The second kappa shape index (κ2) is 8.82. The molecule has 2 aromatic rings. The summed E-state index contributed by atoms with van der Waals surface area (Å²) in [6.07, 6.45) is 2.61. The molecule has 0 unspecified atom stereocenters. The van der Waals surface area contributed by atoms with E-state index < -0.39 is 0 Å². The fourth-order valence-corrected chi connectivity index (χ4v) is 2.72. The molecule has 0 aliphatic carbocycles. The van der Waals surface area contributed by atoms with Crippen LogP contribution in [0.1, 0.15) is 18.7 Å². The molecule has 25 heavy (non-hydrogen) atoms. The number of nitrogens with one attached hydrogen (secondary N) is 2. The number of nitrogens with zero attached hydrogens (tertiary/aromatic N) is 3. The Bertz CT molecular complexity index is 695. The summed E-state index contributed by atoms with van der Waals surface area (Å²) < 4.78 is 10.7. The lowest BCUT2D eigenvalue weighted by Crippen LogP contribution is -2.46. The van der Waals surface area contributed by atoms with Crippen molar-refractivity contribution in [3.63, 3.8) is 0 Å². The molecule has 134 valence electrons.